The average molecular weight is 478 g/mol. The molecule has 192 valence electrons. The third-order valence-electron chi connectivity index (χ3n) is 3.77. The molecule has 0 atom stereocenters. The number of hydrogen-bond donors (Lipinski definition) is 2. The first kappa shape index (κ1) is 31.2. The first-order valence-electron chi connectivity index (χ1n) is 11.1. The summed E-state index contributed by atoms with van der Waals surface area (Å²) in [6.45, 7) is 7.07. The molecule has 0 saturated carbocycles. The molecule has 0 spiro atoms. The number of carbonyl (C=O) groups is 2. The van der Waals surface area contributed by atoms with Gasteiger partial charge in [-0.3, -0.25) is 9.59 Å². The fourth-order valence-electron chi connectivity index (χ4n) is 2.16. The summed E-state index contributed by atoms with van der Waals surface area (Å²) in [5.41, 5.74) is 0. The molecular formula is C22H39NO10. The monoisotopic (exact) mass is 477 g/mol. The molecule has 0 fully saturated rings. The van der Waals surface area contributed by atoms with Crippen molar-refractivity contribution in [3.63, 3.8) is 0 Å². The largest absolute Gasteiger partial charge is 0.481 e. The Kier molecular flexibility index (Phi) is 25.0. The lowest BCUT2D eigenvalue weighted by Gasteiger charge is -2.08. The second-order valence-corrected chi connectivity index (χ2v) is 6.53. The molecule has 0 aliphatic carbocycles. The molecule has 0 aromatic carbocycles. The van der Waals surface area contributed by atoms with Crippen LogP contribution in [0.4, 0.5) is 0 Å². The smallest absolute Gasteiger partial charge is 0.303 e. The number of carboxylic acid groups (broad SMARTS) is 1. The van der Waals surface area contributed by atoms with Crippen LogP contribution in [0.3, 0.4) is 0 Å². The van der Waals surface area contributed by atoms with Crippen molar-refractivity contribution in [3.8, 4) is 12.3 Å². The Morgan fingerprint density at radius 3 is 1.42 bits per heavy atom. The van der Waals surface area contributed by atoms with Gasteiger partial charge in [-0.1, -0.05) is 5.92 Å². The van der Waals surface area contributed by atoms with E-state index in [0.717, 1.165) is 0 Å². The summed E-state index contributed by atoms with van der Waals surface area (Å²) in [6, 6.07) is 0. The minimum atomic E-state index is -0.980. The number of ether oxygens (including phenoxy) is 7. The highest BCUT2D eigenvalue weighted by atomic mass is 16.6. The van der Waals surface area contributed by atoms with Crippen LogP contribution in [0.1, 0.15) is 19.3 Å². The fourth-order valence-corrected chi connectivity index (χ4v) is 2.16. The minimum Gasteiger partial charge on any atom is -0.481 e. The first-order chi connectivity index (χ1) is 16.2. The summed E-state index contributed by atoms with van der Waals surface area (Å²) in [7, 11) is 0. The van der Waals surface area contributed by atoms with Gasteiger partial charge in [0.05, 0.1) is 85.7 Å². The van der Waals surface area contributed by atoms with Crippen LogP contribution in [-0.2, 0) is 42.7 Å². The molecular weight excluding hydrogens is 438 g/mol. The van der Waals surface area contributed by atoms with Gasteiger partial charge in [-0.15, -0.1) is 6.42 Å². The van der Waals surface area contributed by atoms with Gasteiger partial charge in [0.2, 0.25) is 5.91 Å². The number of terminal acetylenes is 1. The first-order valence-corrected chi connectivity index (χ1v) is 11.1. The standard InChI is InChI=1S/C22H39NO10/c1-2-7-27-9-11-29-13-15-31-17-19-33-20-18-32-16-14-30-12-10-28-8-3-6-23-21(24)4-5-22(25)26/h1H,3-20H2,(H,23,24)(H,25,26). The minimum absolute atomic E-state index is 0.00530. The van der Waals surface area contributed by atoms with Crippen LogP contribution in [0, 0.1) is 12.3 Å². The van der Waals surface area contributed by atoms with E-state index in [1.807, 2.05) is 0 Å². The van der Waals surface area contributed by atoms with Gasteiger partial charge in [0, 0.05) is 19.6 Å². The van der Waals surface area contributed by atoms with Crippen LogP contribution in [-0.4, -0.2) is 116 Å². The molecule has 0 aromatic heterocycles. The Labute approximate surface area is 196 Å². The zero-order valence-electron chi connectivity index (χ0n) is 19.4. The molecule has 0 aliphatic heterocycles. The second-order valence-electron chi connectivity index (χ2n) is 6.53. The second kappa shape index (κ2) is 26.5. The van der Waals surface area contributed by atoms with Crippen molar-refractivity contribution < 1.29 is 47.9 Å². The zero-order chi connectivity index (χ0) is 24.2. The summed E-state index contributed by atoms with van der Waals surface area (Å²) in [4.78, 5) is 21.6. The molecule has 11 nitrogen and oxygen atoms in total. The lowest BCUT2D eigenvalue weighted by atomic mass is 10.3. The summed E-state index contributed by atoms with van der Waals surface area (Å²) < 4.78 is 37.3. The van der Waals surface area contributed by atoms with E-state index in [0.29, 0.717) is 105 Å². The van der Waals surface area contributed by atoms with E-state index in [9.17, 15) is 9.59 Å². The number of carboxylic acids is 1. The highest BCUT2D eigenvalue weighted by molar-refractivity contribution is 5.80. The Morgan fingerprint density at radius 1 is 0.636 bits per heavy atom. The van der Waals surface area contributed by atoms with E-state index < -0.39 is 5.97 Å². The summed E-state index contributed by atoms with van der Waals surface area (Å²) in [5, 5.41) is 11.1. The molecule has 11 heteroatoms. The van der Waals surface area contributed by atoms with Gasteiger partial charge < -0.3 is 43.6 Å². The van der Waals surface area contributed by atoms with Gasteiger partial charge in [0.25, 0.3) is 0 Å². The molecule has 0 rings (SSSR count). The van der Waals surface area contributed by atoms with Crippen molar-refractivity contribution in [2.24, 2.45) is 0 Å². The Hall–Kier alpha value is -1.78. The van der Waals surface area contributed by atoms with E-state index in [4.69, 9.17) is 44.7 Å². The predicted molar refractivity (Wildman–Crippen MR) is 119 cm³/mol. The third kappa shape index (κ3) is 28.2. The van der Waals surface area contributed by atoms with Crippen LogP contribution >= 0.6 is 0 Å². The number of carbonyl (C=O) groups excluding carboxylic acids is 1. The van der Waals surface area contributed by atoms with Gasteiger partial charge in [-0.2, -0.15) is 0 Å². The summed E-state index contributed by atoms with van der Waals surface area (Å²) in [5.74, 6) is 1.14. The van der Waals surface area contributed by atoms with E-state index in [1.165, 1.54) is 0 Å². The maximum absolute atomic E-state index is 11.3. The van der Waals surface area contributed by atoms with Crippen LogP contribution in [0.5, 0.6) is 0 Å². The molecule has 0 saturated heterocycles. The normalized spacial score (nSPS) is 10.8. The molecule has 0 aromatic rings. The van der Waals surface area contributed by atoms with Crippen LogP contribution < -0.4 is 5.32 Å². The van der Waals surface area contributed by atoms with Crippen LogP contribution in [0.2, 0.25) is 0 Å². The highest BCUT2D eigenvalue weighted by Crippen LogP contribution is 1.90. The Bertz CT molecular complexity index is 498. The number of aliphatic carboxylic acids is 1. The fraction of sp³-hybridized carbons (Fsp3) is 0.818. The van der Waals surface area contributed by atoms with Crippen molar-refractivity contribution in [2.75, 3.05) is 99.0 Å². The lowest BCUT2D eigenvalue weighted by molar-refractivity contribution is -0.138. The maximum atomic E-state index is 11.3. The highest BCUT2D eigenvalue weighted by Gasteiger charge is 2.04. The van der Waals surface area contributed by atoms with Crippen molar-refractivity contribution >= 4 is 11.9 Å². The van der Waals surface area contributed by atoms with Crippen molar-refractivity contribution in [2.45, 2.75) is 19.3 Å². The molecule has 0 radical (unpaired) electrons. The van der Waals surface area contributed by atoms with Gasteiger partial charge >= 0.3 is 5.97 Å². The van der Waals surface area contributed by atoms with E-state index in [1.54, 1.807) is 0 Å². The number of amides is 1. The third-order valence-corrected chi connectivity index (χ3v) is 3.77. The lowest BCUT2D eigenvalue weighted by Crippen LogP contribution is -2.25. The molecule has 0 bridgehead atoms. The zero-order valence-corrected chi connectivity index (χ0v) is 19.4. The quantitative estimate of drug-likeness (QED) is 0.131. The van der Waals surface area contributed by atoms with Crippen LogP contribution in [0.15, 0.2) is 0 Å². The Balaban J connectivity index is 3.08. The molecule has 1 amide bonds. The predicted octanol–water partition coefficient (Wildman–Crippen LogP) is 0.107. The van der Waals surface area contributed by atoms with Crippen molar-refractivity contribution in [3.05, 3.63) is 0 Å². The van der Waals surface area contributed by atoms with Gasteiger partial charge in [-0.25, -0.2) is 0 Å². The van der Waals surface area contributed by atoms with Crippen molar-refractivity contribution in [1.82, 2.24) is 5.32 Å². The average Bonchev–Trinajstić information content (AvgIpc) is 2.80. The van der Waals surface area contributed by atoms with Gasteiger partial charge in [-0.05, 0) is 6.42 Å². The maximum Gasteiger partial charge on any atom is 0.303 e. The molecule has 0 unspecified atom stereocenters. The number of hydrogen-bond acceptors (Lipinski definition) is 9. The number of rotatable bonds is 26. The van der Waals surface area contributed by atoms with Crippen molar-refractivity contribution in [1.29, 1.82) is 0 Å². The topological polar surface area (TPSA) is 131 Å². The Morgan fingerprint density at radius 2 is 1.03 bits per heavy atom. The van der Waals surface area contributed by atoms with E-state index >= 15 is 0 Å². The molecule has 2 N–H and O–H groups in total. The van der Waals surface area contributed by atoms with Gasteiger partial charge in [0.15, 0.2) is 0 Å². The molecule has 0 heterocycles. The molecule has 33 heavy (non-hydrogen) atoms. The van der Waals surface area contributed by atoms with Crippen LogP contribution in [0.25, 0.3) is 0 Å². The van der Waals surface area contributed by atoms with E-state index in [2.05, 4.69) is 11.2 Å². The van der Waals surface area contributed by atoms with E-state index in [-0.39, 0.29) is 18.7 Å². The number of nitrogens with one attached hydrogen (secondary N) is 1. The summed E-state index contributed by atoms with van der Waals surface area (Å²) in [6.07, 6.45) is 5.55. The summed E-state index contributed by atoms with van der Waals surface area (Å²) >= 11 is 0. The molecule has 0 aliphatic rings. The SMILES string of the molecule is C#CCOCCOCCOCCOCCOCCOCCOCCCNC(=O)CCC(=O)O. The van der Waals surface area contributed by atoms with Gasteiger partial charge in [0.1, 0.15) is 6.61 Å².